The van der Waals surface area contributed by atoms with Crippen LogP contribution in [-0.2, 0) is 0 Å². The third kappa shape index (κ3) is 1.01. The van der Waals surface area contributed by atoms with Crippen molar-refractivity contribution in [3.05, 3.63) is 36.3 Å². The lowest BCUT2D eigenvalue weighted by Crippen LogP contribution is -1.83. The topological polar surface area (TPSA) is 30.2 Å². The number of carbonyl (C=O) groups excluding carboxylic acids is 1. The normalized spacial score (nSPS) is 10.4. The predicted molar refractivity (Wildman–Crippen MR) is 46.4 cm³/mol. The van der Waals surface area contributed by atoms with Gasteiger partial charge in [-0.1, -0.05) is 24.3 Å². The van der Waals surface area contributed by atoms with Gasteiger partial charge in [0, 0.05) is 10.8 Å². The third-order valence-electron chi connectivity index (χ3n) is 1.69. The maximum absolute atomic E-state index is 10.8. The van der Waals surface area contributed by atoms with Gasteiger partial charge >= 0.3 is 0 Å². The number of carbonyl (C=O) groups is 1. The molecule has 2 rings (SSSR count). The van der Waals surface area contributed by atoms with Crippen LogP contribution in [0.25, 0.3) is 10.8 Å². The summed E-state index contributed by atoms with van der Waals surface area (Å²) in [5.41, 5.74) is 0. The third-order valence-corrected chi connectivity index (χ3v) is 1.86. The van der Waals surface area contributed by atoms with Crippen molar-refractivity contribution in [2.24, 2.45) is 0 Å². The molecule has 0 fully saturated rings. The van der Waals surface area contributed by atoms with Crippen LogP contribution < -0.4 is 0 Å². The molecule has 2 nitrogen and oxygen atoms in total. The molecule has 0 radical (unpaired) electrons. The van der Waals surface area contributed by atoms with E-state index in [2.05, 4.69) is 0 Å². The second kappa shape index (κ2) is 2.64. The number of hydrogen-bond acceptors (Lipinski definition) is 2. The molecule has 2 aromatic rings. The van der Waals surface area contributed by atoms with Gasteiger partial charge in [0.1, 0.15) is 0 Å². The monoisotopic (exact) mass is 180 g/mol. The summed E-state index contributed by atoms with van der Waals surface area (Å²) in [6.45, 7) is 0. The van der Waals surface area contributed by atoms with Crippen LogP contribution in [0.5, 0.6) is 0 Å². The van der Waals surface area contributed by atoms with Crippen molar-refractivity contribution in [1.29, 1.82) is 0 Å². The molecule has 3 heteroatoms. The number of hydrogen-bond donors (Lipinski definition) is 0. The lowest BCUT2D eigenvalue weighted by molar-refractivity contribution is 0.105. The summed E-state index contributed by atoms with van der Waals surface area (Å²) >= 11 is 5.29. The molecule has 12 heavy (non-hydrogen) atoms. The SMILES string of the molecule is O=C(Cl)c1occ2ccccc12. The van der Waals surface area contributed by atoms with E-state index in [9.17, 15) is 4.79 Å². The van der Waals surface area contributed by atoms with Crippen LogP contribution in [0.4, 0.5) is 0 Å². The second-order valence-electron chi connectivity index (χ2n) is 2.43. The lowest BCUT2D eigenvalue weighted by atomic mass is 10.2. The van der Waals surface area contributed by atoms with Gasteiger partial charge in [0.15, 0.2) is 5.76 Å². The summed E-state index contributed by atoms with van der Waals surface area (Å²) in [5.74, 6) is 0.215. The average Bonchev–Trinajstić information content (AvgIpc) is 2.47. The van der Waals surface area contributed by atoms with Gasteiger partial charge in [-0.05, 0) is 11.6 Å². The molecule has 0 aliphatic heterocycles. The molecule has 1 heterocycles. The van der Waals surface area contributed by atoms with E-state index in [4.69, 9.17) is 16.0 Å². The van der Waals surface area contributed by atoms with E-state index in [1.165, 1.54) is 6.26 Å². The van der Waals surface area contributed by atoms with Gasteiger partial charge in [-0.2, -0.15) is 0 Å². The van der Waals surface area contributed by atoms with Crippen molar-refractivity contribution in [3.8, 4) is 0 Å². The van der Waals surface area contributed by atoms with E-state index in [-0.39, 0.29) is 5.76 Å². The van der Waals surface area contributed by atoms with Crippen LogP contribution in [0, 0.1) is 0 Å². The van der Waals surface area contributed by atoms with Gasteiger partial charge in [-0.3, -0.25) is 4.79 Å². The molecular formula is C9H5ClO2. The van der Waals surface area contributed by atoms with Gasteiger partial charge in [0.05, 0.1) is 6.26 Å². The molecule has 0 amide bonds. The lowest BCUT2D eigenvalue weighted by Gasteiger charge is -1.87. The van der Waals surface area contributed by atoms with Gasteiger partial charge in [-0.15, -0.1) is 0 Å². The summed E-state index contributed by atoms with van der Waals surface area (Å²) in [5, 5.41) is 1.09. The molecule has 0 saturated carbocycles. The standard InChI is InChI=1S/C9H5ClO2/c10-9(11)8-7-4-2-1-3-6(7)5-12-8/h1-5H. The molecule has 0 bridgehead atoms. The quantitative estimate of drug-likeness (QED) is 0.632. The maximum atomic E-state index is 10.8. The van der Waals surface area contributed by atoms with E-state index in [1.54, 1.807) is 6.07 Å². The van der Waals surface area contributed by atoms with Gasteiger partial charge < -0.3 is 4.42 Å². The zero-order valence-electron chi connectivity index (χ0n) is 6.08. The molecule has 1 aromatic heterocycles. The molecule has 0 spiro atoms. The number of furan rings is 1. The first kappa shape index (κ1) is 7.37. The Labute approximate surface area is 73.7 Å². The molecule has 0 aliphatic carbocycles. The van der Waals surface area contributed by atoms with Crippen LogP contribution in [0.2, 0.25) is 0 Å². The first-order chi connectivity index (χ1) is 5.79. The molecule has 60 valence electrons. The summed E-state index contributed by atoms with van der Waals surface area (Å²) in [6.07, 6.45) is 1.52. The molecule has 0 saturated heterocycles. The van der Waals surface area contributed by atoms with E-state index in [0.717, 1.165) is 10.8 Å². The number of rotatable bonds is 1. The van der Waals surface area contributed by atoms with Crippen LogP contribution in [0.3, 0.4) is 0 Å². The van der Waals surface area contributed by atoms with Gasteiger partial charge in [-0.25, -0.2) is 0 Å². The minimum atomic E-state index is -0.559. The zero-order valence-corrected chi connectivity index (χ0v) is 6.84. The smallest absolute Gasteiger partial charge is 0.288 e. The van der Waals surface area contributed by atoms with Crippen molar-refractivity contribution >= 4 is 27.6 Å². The van der Waals surface area contributed by atoms with Crippen molar-refractivity contribution in [3.63, 3.8) is 0 Å². The van der Waals surface area contributed by atoms with Crippen LogP contribution in [-0.4, -0.2) is 5.24 Å². The highest BCUT2D eigenvalue weighted by Gasteiger charge is 2.10. The maximum Gasteiger partial charge on any atom is 0.288 e. The number of fused-ring (bicyclic) bond motifs is 1. The van der Waals surface area contributed by atoms with Gasteiger partial charge in [0.2, 0.25) is 0 Å². The number of benzene rings is 1. The Kier molecular flexibility index (Phi) is 1.62. The van der Waals surface area contributed by atoms with Crippen molar-refractivity contribution < 1.29 is 9.21 Å². The van der Waals surface area contributed by atoms with Gasteiger partial charge in [0.25, 0.3) is 5.24 Å². The Morgan fingerprint density at radius 1 is 1.33 bits per heavy atom. The summed E-state index contributed by atoms with van der Waals surface area (Å²) < 4.78 is 5.00. The van der Waals surface area contributed by atoms with E-state index in [0.29, 0.717) is 0 Å². The zero-order chi connectivity index (χ0) is 8.55. The Morgan fingerprint density at radius 2 is 2.08 bits per heavy atom. The Morgan fingerprint density at radius 3 is 2.83 bits per heavy atom. The fourth-order valence-electron chi connectivity index (χ4n) is 1.14. The van der Waals surface area contributed by atoms with Crippen molar-refractivity contribution in [1.82, 2.24) is 0 Å². The Hall–Kier alpha value is -1.28. The average molecular weight is 181 g/mol. The molecule has 0 N–H and O–H groups in total. The Bertz CT molecular complexity index is 431. The van der Waals surface area contributed by atoms with Crippen molar-refractivity contribution in [2.45, 2.75) is 0 Å². The van der Waals surface area contributed by atoms with Crippen LogP contribution in [0.15, 0.2) is 34.9 Å². The highest BCUT2D eigenvalue weighted by Crippen LogP contribution is 2.21. The molecule has 1 aromatic carbocycles. The minimum Gasteiger partial charge on any atom is -0.459 e. The van der Waals surface area contributed by atoms with Crippen molar-refractivity contribution in [2.75, 3.05) is 0 Å². The first-order valence-electron chi connectivity index (χ1n) is 3.45. The highest BCUT2D eigenvalue weighted by atomic mass is 35.5. The molecule has 0 atom stereocenters. The van der Waals surface area contributed by atoms with E-state index in [1.807, 2.05) is 18.2 Å². The Balaban J connectivity index is 2.79. The second-order valence-corrected chi connectivity index (χ2v) is 2.77. The predicted octanol–water partition coefficient (Wildman–Crippen LogP) is 2.81. The fraction of sp³-hybridized carbons (Fsp3) is 0. The van der Waals surface area contributed by atoms with Crippen LogP contribution in [0.1, 0.15) is 10.6 Å². The van der Waals surface area contributed by atoms with Crippen LogP contribution >= 0.6 is 11.6 Å². The number of halogens is 1. The van der Waals surface area contributed by atoms with E-state index < -0.39 is 5.24 Å². The molecule has 0 unspecified atom stereocenters. The molecular weight excluding hydrogens is 176 g/mol. The van der Waals surface area contributed by atoms with E-state index >= 15 is 0 Å². The fourth-order valence-corrected chi connectivity index (χ4v) is 1.29. The largest absolute Gasteiger partial charge is 0.459 e. The highest BCUT2D eigenvalue weighted by molar-refractivity contribution is 6.68. The minimum absolute atomic E-state index is 0.215. The molecule has 0 aliphatic rings. The summed E-state index contributed by atoms with van der Waals surface area (Å²) in [7, 11) is 0. The first-order valence-corrected chi connectivity index (χ1v) is 3.83. The summed E-state index contributed by atoms with van der Waals surface area (Å²) in [6, 6.07) is 7.37. The summed E-state index contributed by atoms with van der Waals surface area (Å²) in [4.78, 5) is 10.8.